The Hall–Kier alpha value is -0.920. The summed E-state index contributed by atoms with van der Waals surface area (Å²) in [4.78, 5) is 11.7. The molecule has 1 aromatic carbocycles. The number of benzene rings is 1. The number of sulfonamides is 1. The molecular formula is C13H17BrN2O3S. The van der Waals surface area contributed by atoms with Gasteiger partial charge in [0.2, 0.25) is 15.9 Å². The molecular weight excluding hydrogens is 344 g/mol. The smallest absolute Gasteiger partial charge is 0.244 e. The highest BCUT2D eigenvalue weighted by atomic mass is 79.9. The first kappa shape index (κ1) is 15.5. The van der Waals surface area contributed by atoms with Gasteiger partial charge in [0.1, 0.15) is 6.04 Å². The van der Waals surface area contributed by atoms with Crippen LogP contribution in [0.3, 0.4) is 0 Å². The first-order chi connectivity index (χ1) is 9.34. The molecule has 2 rings (SSSR count). The molecule has 1 aliphatic rings. The predicted molar refractivity (Wildman–Crippen MR) is 79.6 cm³/mol. The molecule has 1 aromatic rings. The van der Waals surface area contributed by atoms with Crippen LogP contribution in [0.2, 0.25) is 0 Å². The number of primary amides is 1. The molecule has 7 heteroatoms. The minimum atomic E-state index is -3.71. The van der Waals surface area contributed by atoms with Crippen molar-refractivity contribution in [1.82, 2.24) is 4.31 Å². The molecule has 1 amide bonds. The van der Waals surface area contributed by atoms with E-state index >= 15 is 0 Å². The zero-order valence-electron chi connectivity index (χ0n) is 11.2. The van der Waals surface area contributed by atoms with Crippen LogP contribution < -0.4 is 5.73 Å². The van der Waals surface area contributed by atoms with Crippen LogP contribution in [0.4, 0.5) is 0 Å². The highest BCUT2D eigenvalue weighted by Crippen LogP contribution is 2.28. The molecule has 20 heavy (non-hydrogen) atoms. The fourth-order valence-electron chi connectivity index (χ4n) is 2.46. The van der Waals surface area contributed by atoms with E-state index in [0.717, 1.165) is 12.8 Å². The molecule has 110 valence electrons. The second-order valence-corrected chi connectivity index (χ2v) is 7.71. The zero-order valence-corrected chi connectivity index (χ0v) is 13.6. The average Bonchev–Trinajstić information content (AvgIpc) is 2.41. The van der Waals surface area contributed by atoms with Crippen molar-refractivity contribution in [2.24, 2.45) is 5.73 Å². The summed E-state index contributed by atoms with van der Waals surface area (Å²) in [7, 11) is -3.71. The Kier molecular flexibility index (Phi) is 4.51. The van der Waals surface area contributed by atoms with Gasteiger partial charge < -0.3 is 5.73 Å². The molecule has 2 N–H and O–H groups in total. The first-order valence-electron chi connectivity index (χ1n) is 6.41. The molecule has 1 saturated heterocycles. The Bertz CT molecular complexity index is 631. The number of rotatable bonds is 3. The third-order valence-electron chi connectivity index (χ3n) is 3.52. The Morgan fingerprint density at radius 3 is 2.75 bits per heavy atom. The number of halogens is 1. The van der Waals surface area contributed by atoms with Crippen molar-refractivity contribution in [3.63, 3.8) is 0 Å². The molecule has 0 aromatic heterocycles. The van der Waals surface area contributed by atoms with Gasteiger partial charge in [-0.1, -0.05) is 28.4 Å². The largest absolute Gasteiger partial charge is 0.368 e. The Balaban J connectivity index is 2.47. The van der Waals surface area contributed by atoms with E-state index in [4.69, 9.17) is 5.73 Å². The van der Waals surface area contributed by atoms with E-state index in [9.17, 15) is 13.2 Å². The Morgan fingerprint density at radius 2 is 2.10 bits per heavy atom. The van der Waals surface area contributed by atoms with E-state index in [1.807, 2.05) is 0 Å². The second-order valence-electron chi connectivity index (χ2n) is 4.94. The summed E-state index contributed by atoms with van der Waals surface area (Å²) in [5.41, 5.74) is 6.00. The summed E-state index contributed by atoms with van der Waals surface area (Å²) in [6.45, 7) is 2.07. The van der Waals surface area contributed by atoms with Crippen LogP contribution in [-0.2, 0) is 14.8 Å². The molecule has 0 aliphatic carbocycles. The number of hydrogen-bond acceptors (Lipinski definition) is 3. The zero-order chi connectivity index (χ0) is 14.9. The summed E-state index contributed by atoms with van der Waals surface area (Å²) in [6, 6.07) is 4.35. The standard InChI is InChI=1S/C13H17BrN2O3S/c1-9-5-6-10(14)8-12(9)20(18,19)16-7-3-2-4-11(16)13(15)17/h5-6,8,11H,2-4,7H2,1H3,(H2,15,17)/t11-/m1/s1. The third kappa shape index (κ3) is 2.89. The average molecular weight is 361 g/mol. The quantitative estimate of drug-likeness (QED) is 0.891. The van der Waals surface area contributed by atoms with Gasteiger partial charge in [0.15, 0.2) is 0 Å². The van der Waals surface area contributed by atoms with Crippen molar-refractivity contribution >= 4 is 31.9 Å². The molecule has 0 saturated carbocycles. The van der Waals surface area contributed by atoms with E-state index in [0.29, 0.717) is 23.0 Å². The minimum absolute atomic E-state index is 0.222. The molecule has 0 radical (unpaired) electrons. The van der Waals surface area contributed by atoms with Crippen LogP contribution in [0.1, 0.15) is 24.8 Å². The van der Waals surface area contributed by atoms with Crippen molar-refractivity contribution in [1.29, 1.82) is 0 Å². The Morgan fingerprint density at radius 1 is 1.40 bits per heavy atom. The number of carbonyl (C=O) groups is 1. The number of amides is 1. The summed E-state index contributed by atoms with van der Waals surface area (Å²) >= 11 is 3.28. The van der Waals surface area contributed by atoms with Crippen LogP contribution in [0.5, 0.6) is 0 Å². The summed E-state index contributed by atoms with van der Waals surface area (Å²) in [5, 5.41) is 0. The topological polar surface area (TPSA) is 80.5 Å². The fraction of sp³-hybridized carbons (Fsp3) is 0.462. The first-order valence-corrected chi connectivity index (χ1v) is 8.64. The maximum Gasteiger partial charge on any atom is 0.244 e. The van der Waals surface area contributed by atoms with Crippen LogP contribution in [-0.4, -0.2) is 31.2 Å². The van der Waals surface area contributed by atoms with E-state index in [1.54, 1.807) is 25.1 Å². The van der Waals surface area contributed by atoms with Crippen LogP contribution in [0.15, 0.2) is 27.6 Å². The highest BCUT2D eigenvalue weighted by Gasteiger charge is 2.37. The molecule has 0 spiro atoms. The lowest BCUT2D eigenvalue weighted by Gasteiger charge is -2.33. The van der Waals surface area contributed by atoms with Gasteiger partial charge in [0.25, 0.3) is 0 Å². The second kappa shape index (κ2) is 5.83. The lowest BCUT2D eigenvalue weighted by atomic mass is 10.0. The van der Waals surface area contributed by atoms with Gasteiger partial charge in [0.05, 0.1) is 4.90 Å². The molecule has 1 fully saturated rings. The molecule has 1 aliphatic heterocycles. The van der Waals surface area contributed by atoms with Gasteiger partial charge >= 0.3 is 0 Å². The maximum atomic E-state index is 12.8. The summed E-state index contributed by atoms with van der Waals surface area (Å²) < 4.78 is 27.5. The van der Waals surface area contributed by atoms with Crippen molar-refractivity contribution < 1.29 is 13.2 Å². The molecule has 5 nitrogen and oxygen atoms in total. The number of hydrogen-bond donors (Lipinski definition) is 1. The number of aryl methyl sites for hydroxylation is 1. The summed E-state index contributed by atoms with van der Waals surface area (Å²) in [6.07, 6.45) is 2.05. The van der Waals surface area contributed by atoms with Crippen LogP contribution in [0, 0.1) is 6.92 Å². The van der Waals surface area contributed by atoms with Crippen molar-refractivity contribution in [2.75, 3.05) is 6.54 Å². The number of nitrogens with zero attached hydrogens (tertiary/aromatic N) is 1. The van der Waals surface area contributed by atoms with E-state index in [2.05, 4.69) is 15.9 Å². The predicted octanol–water partition coefficient (Wildman–Crippen LogP) is 1.79. The van der Waals surface area contributed by atoms with Gasteiger partial charge in [-0.05, 0) is 37.5 Å². The van der Waals surface area contributed by atoms with Gasteiger partial charge in [0, 0.05) is 11.0 Å². The van der Waals surface area contributed by atoms with Crippen LogP contribution >= 0.6 is 15.9 Å². The normalized spacial score (nSPS) is 20.8. The molecule has 0 unspecified atom stereocenters. The monoisotopic (exact) mass is 360 g/mol. The van der Waals surface area contributed by atoms with Crippen LogP contribution in [0.25, 0.3) is 0 Å². The molecule has 0 bridgehead atoms. The van der Waals surface area contributed by atoms with E-state index < -0.39 is 22.0 Å². The lowest BCUT2D eigenvalue weighted by molar-refractivity contribution is -0.122. The lowest BCUT2D eigenvalue weighted by Crippen LogP contribution is -2.50. The SMILES string of the molecule is Cc1ccc(Br)cc1S(=O)(=O)N1CCCC[C@@H]1C(N)=O. The number of carbonyl (C=O) groups excluding carboxylic acids is 1. The van der Waals surface area contributed by atoms with Gasteiger partial charge in [-0.2, -0.15) is 4.31 Å². The third-order valence-corrected chi connectivity index (χ3v) is 6.06. The minimum Gasteiger partial charge on any atom is -0.368 e. The van der Waals surface area contributed by atoms with Crippen molar-refractivity contribution in [3.8, 4) is 0 Å². The number of piperidine rings is 1. The van der Waals surface area contributed by atoms with E-state index in [1.165, 1.54) is 4.31 Å². The van der Waals surface area contributed by atoms with Crippen molar-refractivity contribution in [3.05, 3.63) is 28.2 Å². The van der Waals surface area contributed by atoms with Gasteiger partial charge in [-0.3, -0.25) is 4.79 Å². The van der Waals surface area contributed by atoms with Gasteiger partial charge in [-0.15, -0.1) is 0 Å². The molecule has 1 atom stereocenters. The highest BCUT2D eigenvalue weighted by molar-refractivity contribution is 9.10. The molecule has 1 heterocycles. The van der Waals surface area contributed by atoms with E-state index in [-0.39, 0.29) is 4.90 Å². The Labute approximate surface area is 127 Å². The van der Waals surface area contributed by atoms with Gasteiger partial charge in [-0.25, -0.2) is 8.42 Å². The fourth-order valence-corrected chi connectivity index (χ4v) is 4.89. The number of nitrogens with two attached hydrogens (primary N) is 1. The summed E-state index contributed by atoms with van der Waals surface area (Å²) in [5.74, 6) is -0.582. The maximum absolute atomic E-state index is 12.8. The van der Waals surface area contributed by atoms with Crippen molar-refractivity contribution in [2.45, 2.75) is 37.1 Å².